The van der Waals surface area contributed by atoms with Crippen LogP contribution in [0.4, 0.5) is 11.4 Å². The minimum Gasteiger partial charge on any atom is -0.322 e. The molecule has 0 aromatic heterocycles. The highest BCUT2D eigenvalue weighted by Gasteiger charge is 2.09. The van der Waals surface area contributed by atoms with E-state index in [2.05, 4.69) is 10.4 Å². The summed E-state index contributed by atoms with van der Waals surface area (Å²) < 4.78 is 0. The molecule has 1 amide bonds. The van der Waals surface area contributed by atoms with Crippen LogP contribution in [0.5, 0.6) is 0 Å². The van der Waals surface area contributed by atoms with Gasteiger partial charge in [-0.15, -0.1) is 0 Å². The van der Waals surface area contributed by atoms with Gasteiger partial charge in [0.1, 0.15) is 5.69 Å². The van der Waals surface area contributed by atoms with Gasteiger partial charge in [-0.3, -0.25) is 4.79 Å². The normalized spacial score (nSPS) is 10.0. The summed E-state index contributed by atoms with van der Waals surface area (Å²) in [7, 11) is 0. The van der Waals surface area contributed by atoms with E-state index in [9.17, 15) is 4.79 Å². The van der Waals surface area contributed by atoms with Crippen LogP contribution in [-0.4, -0.2) is 5.91 Å². The van der Waals surface area contributed by atoms with E-state index in [4.69, 9.17) is 5.53 Å². The predicted octanol–water partition coefficient (Wildman–Crippen LogP) is 2.40. The Hall–Kier alpha value is -2.49. The number of carbonyl (C=O) groups is 1. The van der Waals surface area contributed by atoms with E-state index in [-0.39, 0.29) is 5.91 Å². The van der Waals surface area contributed by atoms with Crippen LogP contribution in [0.3, 0.4) is 0 Å². The highest BCUT2D eigenvalue weighted by atomic mass is 16.1. The molecule has 4 heteroatoms. The summed E-state index contributed by atoms with van der Waals surface area (Å²) >= 11 is 0. The molecule has 0 saturated heterocycles. The van der Waals surface area contributed by atoms with Crippen molar-refractivity contribution in [1.29, 1.82) is 0 Å². The van der Waals surface area contributed by atoms with Gasteiger partial charge in [0.25, 0.3) is 5.91 Å². The Bertz CT molecular complexity index is 621. The first-order chi connectivity index (χ1) is 9.11. The lowest BCUT2D eigenvalue weighted by atomic mass is 10.1. The Morgan fingerprint density at radius 2 is 1.79 bits per heavy atom. The van der Waals surface area contributed by atoms with Crippen molar-refractivity contribution in [2.24, 2.45) is 5.11 Å². The van der Waals surface area contributed by atoms with Gasteiger partial charge in [0.2, 0.25) is 0 Å². The number of anilines is 1. The molecule has 2 aromatic rings. The zero-order chi connectivity index (χ0) is 13.8. The fraction of sp³-hybridized carbons (Fsp3) is 0.133. The number of aryl methyl sites for hydroxylation is 2. The fourth-order valence-corrected chi connectivity index (χ4v) is 1.86. The van der Waals surface area contributed by atoms with Crippen LogP contribution in [0, 0.1) is 13.8 Å². The van der Waals surface area contributed by atoms with E-state index in [1.807, 2.05) is 44.2 Å². The Kier molecular flexibility index (Phi) is 3.71. The van der Waals surface area contributed by atoms with Crippen molar-refractivity contribution >= 4 is 17.3 Å². The lowest BCUT2D eigenvalue weighted by molar-refractivity contribution is -0.210. The summed E-state index contributed by atoms with van der Waals surface area (Å²) in [6, 6.07) is 12.8. The number of hydrogen-bond acceptors (Lipinski definition) is 2. The van der Waals surface area contributed by atoms with Gasteiger partial charge >= 0.3 is 0 Å². The fourth-order valence-electron chi connectivity index (χ4n) is 1.86. The van der Waals surface area contributed by atoms with E-state index in [1.54, 1.807) is 12.1 Å². The topological polar surface area (TPSA) is 67.0 Å². The second-order valence-corrected chi connectivity index (χ2v) is 4.40. The van der Waals surface area contributed by atoms with Gasteiger partial charge in [-0.05, 0) is 54.4 Å². The van der Waals surface area contributed by atoms with Crippen LogP contribution in [-0.2, 0) is 0 Å². The summed E-state index contributed by atoms with van der Waals surface area (Å²) in [6.07, 6.45) is 0. The molecule has 0 bridgehead atoms. The zero-order valence-corrected chi connectivity index (χ0v) is 11.0. The standard InChI is InChI=1S/C15H15N3O/c1-10-9-14(18-16)11(2)8-13(10)17-15(19)12-6-4-3-5-7-12/h3-9,16H,1-2H3,(H,17,19)/p+1. The van der Waals surface area contributed by atoms with Crippen molar-refractivity contribution in [2.45, 2.75) is 13.8 Å². The van der Waals surface area contributed by atoms with Crippen molar-refractivity contribution in [2.75, 3.05) is 5.32 Å². The first kappa shape index (κ1) is 13.0. The molecule has 2 aromatic carbocycles. The maximum atomic E-state index is 12.1. The van der Waals surface area contributed by atoms with E-state index in [0.29, 0.717) is 5.56 Å². The van der Waals surface area contributed by atoms with E-state index < -0.39 is 0 Å². The molecule has 0 aliphatic heterocycles. The molecule has 0 heterocycles. The van der Waals surface area contributed by atoms with Crippen LogP contribution < -0.4 is 10.8 Å². The molecule has 0 radical (unpaired) electrons. The summed E-state index contributed by atoms with van der Waals surface area (Å²) in [5, 5.41) is 6.59. The summed E-state index contributed by atoms with van der Waals surface area (Å²) in [6.45, 7) is 3.82. The summed E-state index contributed by atoms with van der Waals surface area (Å²) in [5.74, 6) is -0.125. The maximum Gasteiger partial charge on any atom is 0.255 e. The first-order valence-corrected chi connectivity index (χ1v) is 6.00. The van der Waals surface area contributed by atoms with Gasteiger partial charge in [-0.2, -0.15) is 5.53 Å². The molecular formula is C15H16N3O+. The van der Waals surface area contributed by atoms with E-state index >= 15 is 0 Å². The first-order valence-electron chi connectivity index (χ1n) is 6.00. The number of amides is 1. The van der Waals surface area contributed by atoms with Gasteiger partial charge in [0.15, 0.2) is 0 Å². The van der Waals surface area contributed by atoms with Crippen LogP contribution in [0.15, 0.2) is 47.6 Å². The third kappa shape index (κ3) is 2.85. The number of nitrogens with one attached hydrogen (secondary N) is 1. The molecule has 0 spiro atoms. The molecule has 0 fully saturated rings. The van der Waals surface area contributed by atoms with Crippen molar-refractivity contribution < 1.29 is 10.3 Å². The molecule has 3 N–H and O–H groups in total. The van der Waals surface area contributed by atoms with Crippen LogP contribution >= 0.6 is 0 Å². The Morgan fingerprint density at radius 1 is 1.11 bits per heavy atom. The van der Waals surface area contributed by atoms with Crippen molar-refractivity contribution in [1.82, 2.24) is 0 Å². The highest BCUT2D eigenvalue weighted by molar-refractivity contribution is 6.04. The molecule has 0 saturated carbocycles. The number of carbonyl (C=O) groups excluding carboxylic acids is 1. The van der Waals surface area contributed by atoms with Crippen molar-refractivity contribution in [3.8, 4) is 0 Å². The minimum absolute atomic E-state index is 0.125. The summed E-state index contributed by atoms with van der Waals surface area (Å²) in [5.41, 5.74) is 9.30. The second kappa shape index (κ2) is 5.44. The number of rotatable bonds is 3. The van der Waals surface area contributed by atoms with Gasteiger partial charge in [0, 0.05) is 11.3 Å². The Labute approximate surface area is 112 Å². The molecular weight excluding hydrogens is 238 g/mol. The lowest BCUT2D eigenvalue weighted by Crippen LogP contribution is -2.22. The zero-order valence-electron chi connectivity index (χ0n) is 11.0. The molecule has 96 valence electrons. The second-order valence-electron chi connectivity index (χ2n) is 4.40. The number of nitrogens with two attached hydrogens (primary N) is 1. The predicted molar refractivity (Wildman–Crippen MR) is 74.3 cm³/mol. The van der Waals surface area contributed by atoms with Gasteiger partial charge in [-0.1, -0.05) is 18.2 Å². The van der Waals surface area contributed by atoms with Gasteiger partial charge < -0.3 is 5.32 Å². The van der Waals surface area contributed by atoms with Crippen LogP contribution in [0.25, 0.3) is 0 Å². The number of hydrogen-bond donors (Lipinski definition) is 2. The number of benzene rings is 2. The van der Waals surface area contributed by atoms with Crippen LogP contribution in [0.2, 0.25) is 0 Å². The average molecular weight is 254 g/mol. The quantitative estimate of drug-likeness (QED) is 0.811. The molecule has 0 aliphatic carbocycles. The molecule has 0 atom stereocenters. The highest BCUT2D eigenvalue weighted by Crippen LogP contribution is 2.26. The lowest BCUT2D eigenvalue weighted by Gasteiger charge is -2.10. The Morgan fingerprint density at radius 3 is 2.42 bits per heavy atom. The third-order valence-corrected chi connectivity index (χ3v) is 2.97. The maximum absolute atomic E-state index is 12.1. The largest absolute Gasteiger partial charge is 0.322 e. The van der Waals surface area contributed by atoms with E-state index in [0.717, 1.165) is 22.5 Å². The van der Waals surface area contributed by atoms with E-state index in [1.165, 1.54) is 0 Å². The monoisotopic (exact) mass is 254 g/mol. The third-order valence-electron chi connectivity index (χ3n) is 2.97. The average Bonchev–Trinajstić information content (AvgIpc) is 2.43. The van der Waals surface area contributed by atoms with Gasteiger partial charge in [0.05, 0.1) is 0 Å². The molecule has 0 unspecified atom stereocenters. The molecule has 4 nitrogen and oxygen atoms in total. The Balaban J connectivity index is 2.27. The van der Waals surface area contributed by atoms with Gasteiger partial charge in [-0.25, -0.2) is 0 Å². The molecule has 2 rings (SSSR count). The SMILES string of the molecule is Cc1cc(NC(=O)c2ccccc2)c(C)cc1N=[NH2+]. The molecule has 19 heavy (non-hydrogen) atoms. The van der Waals surface area contributed by atoms with Crippen molar-refractivity contribution in [3.05, 3.63) is 59.2 Å². The molecule has 0 aliphatic rings. The number of nitrogens with zero attached hydrogens (tertiary/aromatic N) is 1. The van der Waals surface area contributed by atoms with Crippen LogP contribution in [0.1, 0.15) is 21.5 Å². The summed E-state index contributed by atoms with van der Waals surface area (Å²) in [4.78, 5) is 12.1. The van der Waals surface area contributed by atoms with Crippen molar-refractivity contribution in [3.63, 3.8) is 0 Å². The minimum atomic E-state index is -0.125. The smallest absolute Gasteiger partial charge is 0.255 e.